The highest BCUT2D eigenvalue weighted by molar-refractivity contribution is 9.10. The number of fused-ring (bicyclic) bond motifs is 1. The molecule has 0 atom stereocenters. The molecule has 1 heterocycles. The van der Waals surface area contributed by atoms with Crippen LogP contribution in [0, 0.1) is 0 Å². The summed E-state index contributed by atoms with van der Waals surface area (Å²) in [5, 5.41) is 13.3. The zero-order valence-electron chi connectivity index (χ0n) is 15.0. The molecule has 7 heteroatoms. The van der Waals surface area contributed by atoms with Crippen LogP contribution >= 0.6 is 15.9 Å². The van der Waals surface area contributed by atoms with Crippen LogP contribution in [0.15, 0.2) is 70.9 Å². The number of ether oxygens (including phenoxy) is 1. The lowest BCUT2D eigenvalue weighted by atomic mass is 10.2. The largest absolute Gasteiger partial charge is 0.489 e. The molecule has 1 N–H and O–H groups in total. The van der Waals surface area contributed by atoms with E-state index >= 15 is 0 Å². The molecule has 28 heavy (non-hydrogen) atoms. The second-order valence-corrected chi connectivity index (χ2v) is 6.94. The SMILES string of the molecule is C=CCn1cc(/C=N/OCC(=O)O)c2cc(OCc3cccc(Br)c3)ccc21. The van der Waals surface area contributed by atoms with Gasteiger partial charge in [0.05, 0.1) is 6.21 Å². The topological polar surface area (TPSA) is 73.1 Å². The molecule has 2 aromatic carbocycles. The van der Waals surface area contributed by atoms with E-state index in [2.05, 4.69) is 27.7 Å². The fraction of sp³-hybridized carbons (Fsp3) is 0.143. The lowest BCUT2D eigenvalue weighted by Crippen LogP contribution is -2.03. The molecule has 0 unspecified atom stereocenters. The molecule has 0 fully saturated rings. The third kappa shape index (κ3) is 5.01. The number of nitrogens with zero attached hydrogens (tertiary/aromatic N) is 2. The second kappa shape index (κ2) is 9.23. The molecule has 3 aromatic rings. The molecule has 0 amide bonds. The van der Waals surface area contributed by atoms with Crippen LogP contribution in [-0.4, -0.2) is 28.5 Å². The third-order valence-corrected chi connectivity index (χ3v) is 4.45. The third-order valence-electron chi connectivity index (χ3n) is 3.96. The van der Waals surface area contributed by atoms with Crippen molar-refractivity contribution >= 4 is 39.0 Å². The minimum Gasteiger partial charge on any atom is -0.489 e. The molecule has 0 bridgehead atoms. The number of benzene rings is 2. The van der Waals surface area contributed by atoms with E-state index in [0.717, 1.165) is 32.3 Å². The lowest BCUT2D eigenvalue weighted by Gasteiger charge is -2.08. The van der Waals surface area contributed by atoms with Gasteiger partial charge in [0.1, 0.15) is 12.4 Å². The van der Waals surface area contributed by atoms with Gasteiger partial charge in [0.2, 0.25) is 6.61 Å². The summed E-state index contributed by atoms with van der Waals surface area (Å²) in [6, 6.07) is 13.8. The van der Waals surface area contributed by atoms with Crippen LogP contribution in [0.2, 0.25) is 0 Å². The maximum Gasteiger partial charge on any atom is 0.344 e. The molecule has 0 aliphatic heterocycles. The number of rotatable bonds is 9. The number of halogens is 1. The highest BCUT2D eigenvalue weighted by atomic mass is 79.9. The number of carboxylic acid groups (broad SMARTS) is 1. The van der Waals surface area contributed by atoms with Gasteiger partial charge in [-0.3, -0.25) is 0 Å². The Labute approximate surface area is 170 Å². The van der Waals surface area contributed by atoms with E-state index < -0.39 is 12.6 Å². The average molecular weight is 443 g/mol. The van der Waals surface area contributed by atoms with Crippen LogP contribution in [0.5, 0.6) is 5.75 Å². The van der Waals surface area contributed by atoms with E-state index in [0.29, 0.717) is 13.2 Å². The highest BCUT2D eigenvalue weighted by Crippen LogP contribution is 2.26. The number of hydrogen-bond donors (Lipinski definition) is 1. The fourth-order valence-electron chi connectivity index (χ4n) is 2.77. The lowest BCUT2D eigenvalue weighted by molar-refractivity contribution is -0.142. The van der Waals surface area contributed by atoms with E-state index in [1.54, 1.807) is 6.08 Å². The minimum absolute atomic E-state index is 0.448. The van der Waals surface area contributed by atoms with Crippen LogP contribution < -0.4 is 4.74 Å². The van der Waals surface area contributed by atoms with Crippen LogP contribution in [0.3, 0.4) is 0 Å². The van der Waals surface area contributed by atoms with Crippen molar-refractivity contribution < 1.29 is 19.5 Å². The van der Waals surface area contributed by atoms with Crippen molar-refractivity contribution in [1.82, 2.24) is 4.57 Å². The van der Waals surface area contributed by atoms with E-state index in [1.807, 2.05) is 53.2 Å². The normalized spacial score (nSPS) is 11.0. The summed E-state index contributed by atoms with van der Waals surface area (Å²) in [4.78, 5) is 15.3. The van der Waals surface area contributed by atoms with E-state index in [9.17, 15) is 4.79 Å². The van der Waals surface area contributed by atoms with Gasteiger partial charge >= 0.3 is 5.97 Å². The van der Waals surface area contributed by atoms with Crippen LogP contribution in [0.4, 0.5) is 0 Å². The van der Waals surface area contributed by atoms with Gasteiger partial charge in [0, 0.05) is 33.7 Å². The highest BCUT2D eigenvalue weighted by Gasteiger charge is 2.09. The van der Waals surface area contributed by atoms with E-state index in [1.165, 1.54) is 6.21 Å². The van der Waals surface area contributed by atoms with E-state index in [-0.39, 0.29) is 0 Å². The van der Waals surface area contributed by atoms with Crippen molar-refractivity contribution in [3.05, 3.63) is 76.9 Å². The van der Waals surface area contributed by atoms with Gasteiger partial charge in [-0.15, -0.1) is 6.58 Å². The number of carbonyl (C=O) groups is 1. The summed E-state index contributed by atoms with van der Waals surface area (Å²) in [6.45, 7) is 4.38. The second-order valence-electron chi connectivity index (χ2n) is 6.02. The van der Waals surface area contributed by atoms with Crippen molar-refractivity contribution in [2.75, 3.05) is 6.61 Å². The standard InChI is InChI=1S/C21H19BrN2O4/c1-2-8-24-12-16(11-23-28-14-21(25)26)19-10-18(6-7-20(19)24)27-13-15-4-3-5-17(22)9-15/h2-7,9-12H,1,8,13-14H2,(H,25,26)/b23-11+. The van der Waals surface area contributed by atoms with E-state index in [4.69, 9.17) is 14.7 Å². The molecule has 0 spiro atoms. The summed E-state index contributed by atoms with van der Waals surface area (Å²) in [6.07, 6.45) is 5.22. The average Bonchev–Trinajstić information content (AvgIpc) is 3.01. The van der Waals surface area contributed by atoms with Gasteiger partial charge in [0.25, 0.3) is 0 Å². The van der Waals surface area contributed by atoms with Gasteiger partial charge < -0.3 is 19.2 Å². The number of oxime groups is 1. The summed E-state index contributed by atoms with van der Waals surface area (Å²) >= 11 is 3.46. The Balaban J connectivity index is 1.84. The molecular formula is C21H19BrN2O4. The first-order valence-corrected chi connectivity index (χ1v) is 9.34. The number of aliphatic carboxylic acids is 1. The molecule has 3 rings (SSSR count). The van der Waals surface area contributed by atoms with Gasteiger partial charge in [-0.2, -0.15) is 0 Å². The monoisotopic (exact) mass is 442 g/mol. The van der Waals surface area contributed by atoms with Gasteiger partial charge in [-0.05, 0) is 35.9 Å². The molecule has 1 aromatic heterocycles. The Morgan fingerprint density at radius 3 is 2.89 bits per heavy atom. The molecule has 0 saturated carbocycles. The van der Waals surface area contributed by atoms with Crippen molar-refractivity contribution in [2.45, 2.75) is 13.2 Å². The Bertz CT molecular complexity index is 1030. The summed E-state index contributed by atoms with van der Waals surface area (Å²) in [7, 11) is 0. The maximum atomic E-state index is 10.5. The summed E-state index contributed by atoms with van der Waals surface area (Å²) in [5.41, 5.74) is 2.85. The number of aromatic nitrogens is 1. The van der Waals surface area contributed by atoms with Crippen LogP contribution in [0.25, 0.3) is 10.9 Å². The summed E-state index contributed by atoms with van der Waals surface area (Å²) in [5.74, 6) is -0.348. The van der Waals surface area contributed by atoms with Crippen molar-refractivity contribution in [3.8, 4) is 5.75 Å². The predicted octanol–water partition coefficient (Wildman–Crippen LogP) is 4.60. The molecule has 144 valence electrons. The number of allylic oxidation sites excluding steroid dienone is 1. The number of carboxylic acids is 1. The Morgan fingerprint density at radius 2 is 2.14 bits per heavy atom. The van der Waals surface area contributed by atoms with Gasteiger partial charge in [0.15, 0.2) is 0 Å². The van der Waals surface area contributed by atoms with Crippen LogP contribution in [-0.2, 0) is 22.8 Å². The molecule has 0 saturated heterocycles. The first kappa shape index (κ1) is 19.7. The molecule has 0 aliphatic carbocycles. The van der Waals surface area contributed by atoms with Crippen molar-refractivity contribution in [3.63, 3.8) is 0 Å². The zero-order chi connectivity index (χ0) is 19.9. The fourth-order valence-corrected chi connectivity index (χ4v) is 3.21. The smallest absolute Gasteiger partial charge is 0.344 e. The van der Waals surface area contributed by atoms with Crippen LogP contribution in [0.1, 0.15) is 11.1 Å². The molecule has 6 nitrogen and oxygen atoms in total. The van der Waals surface area contributed by atoms with Crippen molar-refractivity contribution in [1.29, 1.82) is 0 Å². The Hall–Kier alpha value is -3.06. The number of hydrogen-bond acceptors (Lipinski definition) is 4. The minimum atomic E-state index is -1.07. The molecule has 0 radical (unpaired) electrons. The maximum absolute atomic E-state index is 10.5. The first-order chi connectivity index (χ1) is 13.6. The van der Waals surface area contributed by atoms with Crippen molar-refractivity contribution in [2.24, 2.45) is 5.16 Å². The Morgan fingerprint density at radius 1 is 1.29 bits per heavy atom. The predicted molar refractivity (Wildman–Crippen MR) is 112 cm³/mol. The Kier molecular flexibility index (Phi) is 6.49. The van der Waals surface area contributed by atoms with Gasteiger partial charge in [-0.1, -0.05) is 39.3 Å². The molecular weight excluding hydrogens is 424 g/mol. The van der Waals surface area contributed by atoms with Gasteiger partial charge in [-0.25, -0.2) is 4.79 Å². The summed E-state index contributed by atoms with van der Waals surface area (Å²) < 4.78 is 8.96. The quantitative estimate of drug-likeness (QED) is 0.298. The first-order valence-electron chi connectivity index (χ1n) is 8.55. The zero-order valence-corrected chi connectivity index (χ0v) is 16.6. The molecule has 0 aliphatic rings.